The zero-order valence-electron chi connectivity index (χ0n) is 14.1. The van der Waals surface area contributed by atoms with Gasteiger partial charge in [-0.3, -0.25) is 0 Å². The van der Waals surface area contributed by atoms with Gasteiger partial charge in [0.25, 0.3) is 0 Å². The summed E-state index contributed by atoms with van der Waals surface area (Å²) in [6.07, 6.45) is 0. The van der Waals surface area contributed by atoms with E-state index in [-0.39, 0.29) is 0 Å². The molecule has 0 atom stereocenters. The van der Waals surface area contributed by atoms with Gasteiger partial charge in [0.05, 0.1) is 18.0 Å². The van der Waals surface area contributed by atoms with Crippen LogP contribution in [0, 0.1) is 0 Å². The summed E-state index contributed by atoms with van der Waals surface area (Å²) in [5, 5.41) is 1.16. The fourth-order valence-electron chi connectivity index (χ4n) is 2.77. The van der Waals surface area contributed by atoms with E-state index in [1.165, 1.54) is 0 Å². The van der Waals surface area contributed by atoms with Crippen LogP contribution < -0.4 is 5.73 Å². The highest BCUT2D eigenvalue weighted by Crippen LogP contribution is 2.37. The van der Waals surface area contributed by atoms with E-state index >= 15 is 0 Å². The van der Waals surface area contributed by atoms with Crippen LogP contribution in [0.25, 0.3) is 22.4 Å². The molecule has 6 heteroatoms. The molecule has 1 aromatic heterocycles. The molecule has 0 spiro atoms. The second-order valence-corrected chi connectivity index (χ2v) is 7.52. The minimum absolute atomic E-state index is 0.366. The van der Waals surface area contributed by atoms with Crippen LogP contribution >= 0.6 is 39.1 Å². The highest BCUT2D eigenvalue weighted by molar-refractivity contribution is 9.10. The van der Waals surface area contributed by atoms with Crippen LogP contribution in [0.1, 0.15) is 11.3 Å². The number of ether oxygens (including phenoxy) is 1. The van der Waals surface area contributed by atoms with E-state index < -0.39 is 0 Å². The van der Waals surface area contributed by atoms with E-state index in [9.17, 15) is 0 Å². The second kappa shape index (κ2) is 8.51. The van der Waals surface area contributed by atoms with Crippen LogP contribution in [0.3, 0.4) is 0 Å². The Balaban J connectivity index is 2.28. The Morgan fingerprint density at radius 3 is 2.38 bits per heavy atom. The SMILES string of the molecule is COCc1nc(-c2ccc(Br)cc2)c(-c2ccc(Cl)cc2Cl)cc1CN. The van der Waals surface area contributed by atoms with Crippen molar-refractivity contribution in [2.45, 2.75) is 13.2 Å². The average Bonchev–Trinajstić information content (AvgIpc) is 2.63. The minimum atomic E-state index is 0.366. The van der Waals surface area contributed by atoms with Crippen molar-refractivity contribution < 1.29 is 4.74 Å². The van der Waals surface area contributed by atoms with Crippen molar-refractivity contribution in [3.63, 3.8) is 0 Å². The number of methoxy groups -OCH3 is 1. The highest BCUT2D eigenvalue weighted by Gasteiger charge is 2.16. The van der Waals surface area contributed by atoms with E-state index in [2.05, 4.69) is 15.9 Å². The molecule has 2 N–H and O–H groups in total. The molecule has 0 unspecified atom stereocenters. The summed E-state index contributed by atoms with van der Waals surface area (Å²) < 4.78 is 6.30. The molecule has 2 aromatic carbocycles. The summed E-state index contributed by atoms with van der Waals surface area (Å²) in [7, 11) is 1.64. The fraction of sp³-hybridized carbons (Fsp3) is 0.150. The third kappa shape index (κ3) is 4.11. The average molecular weight is 452 g/mol. The molecule has 26 heavy (non-hydrogen) atoms. The first-order chi connectivity index (χ1) is 12.5. The lowest BCUT2D eigenvalue weighted by molar-refractivity contribution is 0.181. The molecule has 0 aliphatic rings. The Kier molecular flexibility index (Phi) is 6.33. The van der Waals surface area contributed by atoms with Crippen molar-refractivity contribution in [3.8, 4) is 22.4 Å². The van der Waals surface area contributed by atoms with Crippen LogP contribution in [-0.2, 0) is 17.9 Å². The van der Waals surface area contributed by atoms with Gasteiger partial charge in [0.2, 0.25) is 0 Å². The number of hydrogen-bond acceptors (Lipinski definition) is 3. The standard InChI is InChI=1S/C20H17BrCl2N2O/c1-26-11-19-13(10-24)8-17(16-7-6-15(22)9-18(16)23)20(25-19)12-2-4-14(21)5-3-12/h2-9H,10-11,24H2,1H3. The maximum atomic E-state index is 6.47. The number of halogens is 3. The molecule has 0 fully saturated rings. The number of nitrogens with zero attached hydrogens (tertiary/aromatic N) is 1. The van der Waals surface area contributed by atoms with Crippen molar-refractivity contribution in [3.05, 3.63) is 74.3 Å². The van der Waals surface area contributed by atoms with Gasteiger partial charge in [0.15, 0.2) is 0 Å². The van der Waals surface area contributed by atoms with Gasteiger partial charge in [-0.2, -0.15) is 0 Å². The number of rotatable bonds is 5. The summed E-state index contributed by atoms with van der Waals surface area (Å²) in [5.74, 6) is 0. The quantitative estimate of drug-likeness (QED) is 0.510. The normalized spacial score (nSPS) is 11.0. The first-order valence-corrected chi connectivity index (χ1v) is 9.51. The zero-order valence-corrected chi connectivity index (χ0v) is 17.2. The molecule has 0 radical (unpaired) electrons. The van der Waals surface area contributed by atoms with E-state index in [4.69, 9.17) is 38.7 Å². The first-order valence-electron chi connectivity index (χ1n) is 7.96. The van der Waals surface area contributed by atoms with Crippen molar-refractivity contribution in [2.24, 2.45) is 5.73 Å². The largest absolute Gasteiger partial charge is 0.378 e. The van der Waals surface area contributed by atoms with Crippen LogP contribution in [0.15, 0.2) is 53.0 Å². The van der Waals surface area contributed by atoms with Crippen LogP contribution in [-0.4, -0.2) is 12.1 Å². The number of pyridine rings is 1. The van der Waals surface area contributed by atoms with E-state index in [1.54, 1.807) is 13.2 Å². The lowest BCUT2D eigenvalue weighted by Crippen LogP contribution is -2.07. The van der Waals surface area contributed by atoms with Crippen molar-refractivity contribution in [2.75, 3.05) is 7.11 Å². The molecule has 0 amide bonds. The molecule has 0 saturated heterocycles. The second-order valence-electron chi connectivity index (χ2n) is 5.76. The Labute approximate surface area is 171 Å². The first kappa shape index (κ1) is 19.3. The fourth-order valence-corrected chi connectivity index (χ4v) is 3.55. The van der Waals surface area contributed by atoms with Crippen LogP contribution in [0.2, 0.25) is 10.0 Å². The summed E-state index contributed by atoms with van der Waals surface area (Å²) in [6.45, 7) is 0.759. The molecular weight excluding hydrogens is 435 g/mol. The van der Waals surface area contributed by atoms with Crippen molar-refractivity contribution in [1.82, 2.24) is 4.98 Å². The third-order valence-corrected chi connectivity index (χ3v) is 5.11. The Morgan fingerprint density at radius 2 is 1.77 bits per heavy atom. The predicted octanol–water partition coefficient (Wildman–Crippen LogP) is 6.09. The van der Waals surface area contributed by atoms with Gasteiger partial charge in [-0.05, 0) is 35.9 Å². The molecule has 0 bridgehead atoms. The topological polar surface area (TPSA) is 48.1 Å². The Morgan fingerprint density at radius 1 is 1.04 bits per heavy atom. The van der Waals surface area contributed by atoms with Crippen LogP contribution in [0.5, 0.6) is 0 Å². The molecule has 0 aliphatic carbocycles. The van der Waals surface area contributed by atoms with Gasteiger partial charge in [-0.15, -0.1) is 0 Å². The van der Waals surface area contributed by atoms with Crippen LogP contribution in [0.4, 0.5) is 0 Å². The molecular formula is C20H17BrCl2N2O. The summed E-state index contributed by atoms with van der Waals surface area (Å²) in [5.41, 5.74) is 11.3. The van der Waals surface area contributed by atoms with E-state index in [0.717, 1.165) is 38.1 Å². The molecule has 3 rings (SSSR count). The van der Waals surface area contributed by atoms with Gasteiger partial charge in [0, 0.05) is 44.9 Å². The molecule has 0 aliphatic heterocycles. The lowest BCUT2D eigenvalue weighted by Gasteiger charge is -2.16. The maximum Gasteiger partial charge on any atom is 0.0887 e. The van der Waals surface area contributed by atoms with Gasteiger partial charge < -0.3 is 10.5 Å². The Hall–Kier alpha value is -1.43. The molecule has 3 aromatic rings. The maximum absolute atomic E-state index is 6.47. The zero-order chi connectivity index (χ0) is 18.7. The molecule has 1 heterocycles. The lowest BCUT2D eigenvalue weighted by atomic mass is 9.96. The van der Waals surface area contributed by atoms with Gasteiger partial charge in [-0.25, -0.2) is 4.98 Å². The predicted molar refractivity (Wildman–Crippen MR) is 111 cm³/mol. The number of nitrogens with two attached hydrogens (primary N) is 1. The van der Waals surface area contributed by atoms with Gasteiger partial charge in [0.1, 0.15) is 0 Å². The molecule has 3 nitrogen and oxygen atoms in total. The molecule has 134 valence electrons. The Bertz CT molecular complexity index is 930. The van der Waals surface area contributed by atoms with E-state index in [1.807, 2.05) is 42.5 Å². The monoisotopic (exact) mass is 450 g/mol. The molecule has 0 saturated carbocycles. The third-order valence-electron chi connectivity index (χ3n) is 4.03. The highest BCUT2D eigenvalue weighted by atomic mass is 79.9. The number of benzene rings is 2. The summed E-state index contributed by atoms with van der Waals surface area (Å²) >= 11 is 16.0. The summed E-state index contributed by atoms with van der Waals surface area (Å²) in [4.78, 5) is 4.86. The van der Waals surface area contributed by atoms with Crippen molar-refractivity contribution >= 4 is 39.1 Å². The number of hydrogen-bond donors (Lipinski definition) is 1. The van der Waals surface area contributed by atoms with Gasteiger partial charge >= 0.3 is 0 Å². The number of aromatic nitrogens is 1. The van der Waals surface area contributed by atoms with Crippen molar-refractivity contribution in [1.29, 1.82) is 0 Å². The van der Waals surface area contributed by atoms with Gasteiger partial charge in [-0.1, -0.05) is 57.3 Å². The minimum Gasteiger partial charge on any atom is -0.378 e. The summed E-state index contributed by atoms with van der Waals surface area (Å²) in [6, 6.07) is 15.5. The van der Waals surface area contributed by atoms with E-state index in [0.29, 0.717) is 23.2 Å². The smallest absolute Gasteiger partial charge is 0.0887 e.